The topological polar surface area (TPSA) is 82.8 Å². The SMILES string of the molecule is CCOC(=O)c1cnn2c(C(=O)OC)cc(-c3ccc(F)cc3)nc12. The molecule has 1 aromatic carbocycles. The maximum absolute atomic E-state index is 13.2. The summed E-state index contributed by atoms with van der Waals surface area (Å²) in [6.07, 6.45) is 1.28. The van der Waals surface area contributed by atoms with Gasteiger partial charge in [-0.1, -0.05) is 0 Å². The van der Waals surface area contributed by atoms with Crippen LogP contribution in [0.2, 0.25) is 0 Å². The molecule has 0 amide bonds. The van der Waals surface area contributed by atoms with E-state index in [1.54, 1.807) is 6.92 Å². The number of nitrogens with zero attached hydrogens (tertiary/aromatic N) is 3. The highest BCUT2D eigenvalue weighted by Crippen LogP contribution is 2.22. The highest BCUT2D eigenvalue weighted by Gasteiger charge is 2.21. The fourth-order valence-corrected chi connectivity index (χ4v) is 2.33. The van der Waals surface area contributed by atoms with Crippen LogP contribution in [-0.2, 0) is 9.47 Å². The summed E-state index contributed by atoms with van der Waals surface area (Å²) in [5, 5.41) is 4.03. The number of methoxy groups -OCH3 is 1. The van der Waals surface area contributed by atoms with Crippen LogP contribution in [0.25, 0.3) is 16.9 Å². The average Bonchev–Trinajstić information content (AvgIpc) is 3.05. The molecule has 0 aliphatic rings. The average molecular weight is 343 g/mol. The van der Waals surface area contributed by atoms with Gasteiger partial charge in [-0.2, -0.15) is 5.10 Å². The van der Waals surface area contributed by atoms with Crippen LogP contribution in [0.15, 0.2) is 36.5 Å². The molecular formula is C17H14FN3O4. The number of ether oxygens (including phenoxy) is 2. The molecule has 0 aliphatic heterocycles. The summed E-state index contributed by atoms with van der Waals surface area (Å²) in [6, 6.07) is 7.07. The molecule has 0 bridgehead atoms. The number of aromatic nitrogens is 3. The van der Waals surface area contributed by atoms with Crippen LogP contribution in [-0.4, -0.2) is 40.3 Å². The summed E-state index contributed by atoms with van der Waals surface area (Å²) in [5.74, 6) is -1.64. The zero-order chi connectivity index (χ0) is 18.0. The van der Waals surface area contributed by atoms with Crippen LogP contribution in [0.5, 0.6) is 0 Å². The first-order valence-electron chi connectivity index (χ1n) is 7.45. The number of carbonyl (C=O) groups is 2. The summed E-state index contributed by atoms with van der Waals surface area (Å²) >= 11 is 0. The largest absolute Gasteiger partial charge is 0.464 e. The third-order valence-corrected chi connectivity index (χ3v) is 3.50. The van der Waals surface area contributed by atoms with E-state index in [0.717, 1.165) is 0 Å². The van der Waals surface area contributed by atoms with E-state index in [0.29, 0.717) is 11.3 Å². The van der Waals surface area contributed by atoms with Crippen molar-refractivity contribution in [2.45, 2.75) is 6.92 Å². The van der Waals surface area contributed by atoms with E-state index in [1.165, 1.54) is 48.2 Å². The Morgan fingerprint density at radius 3 is 2.56 bits per heavy atom. The fourth-order valence-electron chi connectivity index (χ4n) is 2.33. The Bertz CT molecular complexity index is 950. The molecule has 8 heteroatoms. The van der Waals surface area contributed by atoms with Crippen LogP contribution in [0.1, 0.15) is 27.8 Å². The van der Waals surface area contributed by atoms with Crippen LogP contribution >= 0.6 is 0 Å². The van der Waals surface area contributed by atoms with Gasteiger partial charge < -0.3 is 9.47 Å². The molecule has 3 aromatic rings. The minimum Gasteiger partial charge on any atom is -0.464 e. The van der Waals surface area contributed by atoms with Crippen molar-refractivity contribution in [1.82, 2.24) is 14.6 Å². The number of esters is 2. The molecule has 2 heterocycles. The summed E-state index contributed by atoms with van der Waals surface area (Å²) in [5.41, 5.74) is 1.31. The van der Waals surface area contributed by atoms with Crippen LogP contribution in [0, 0.1) is 5.82 Å². The molecule has 0 spiro atoms. The van der Waals surface area contributed by atoms with Gasteiger partial charge >= 0.3 is 11.9 Å². The van der Waals surface area contributed by atoms with Gasteiger partial charge in [0.25, 0.3) is 0 Å². The van der Waals surface area contributed by atoms with Gasteiger partial charge in [0.05, 0.1) is 25.6 Å². The molecule has 0 unspecified atom stereocenters. The molecule has 128 valence electrons. The molecule has 0 atom stereocenters. The zero-order valence-electron chi connectivity index (χ0n) is 13.5. The molecule has 0 saturated carbocycles. The van der Waals surface area contributed by atoms with Gasteiger partial charge in [-0.05, 0) is 37.3 Å². The van der Waals surface area contributed by atoms with Crippen molar-refractivity contribution in [2.24, 2.45) is 0 Å². The Morgan fingerprint density at radius 2 is 1.92 bits per heavy atom. The number of fused-ring (bicyclic) bond motifs is 1. The molecule has 0 saturated heterocycles. The zero-order valence-corrected chi connectivity index (χ0v) is 13.5. The highest BCUT2D eigenvalue weighted by molar-refractivity contribution is 5.97. The van der Waals surface area contributed by atoms with Gasteiger partial charge in [0.15, 0.2) is 11.3 Å². The van der Waals surface area contributed by atoms with Crippen molar-refractivity contribution in [3.63, 3.8) is 0 Å². The van der Waals surface area contributed by atoms with Gasteiger partial charge in [0.1, 0.15) is 11.4 Å². The molecule has 7 nitrogen and oxygen atoms in total. The van der Waals surface area contributed by atoms with E-state index in [1.807, 2.05) is 0 Å². The third-order valence-electron chi connectivity index (χ3n) is 3.50. The Balaban J connectivity index is 2.24. The lowest BCUT2D eigenvalue weighted by Crippen LogP contribution is -2.12. The smallest absolute Gasteiger partial charge is 0.356 e. The minimum atomic E-state index is -0.644. The molecule has 3 rings (SSSR count). The van der Waals surface area contributed by atoms with Gasteiger partial charge in [0.2, 0.25) is 0 Å². The minimum absolute atomic E-state index is 0.0855. The van der Waals surface area contributed by atoms with E-state index in [4.69, 9.17) is 9.47 Å². The first-order valence-corrected chi connectivity index (χ1v) is 7.45. The summed E-state index contributed by atoms with van der Waals surface area (Å²) in [7, 11) is 1.24. The van der Waals surface area contributed by atoms with Crippen molar-refractivity contribution < 1.29 is 23.5 Å². The Kier molecular flexibility index (Phi) is 4.42. The number of carbonyl (C=O) groups excluding carboxylic acids is 2. The van der Waals surface area contributed by atoms with E-state index in [-0.39, 0.29) is 23.5 Å². The van der Waals surface area contributed by atoms with Gasteiger partial charge in [-0.25, -0.2) is 23.5 Å². The molecular weight excluding hydrogens is 329 g/mol. The monoisotopic (exact) mass is 343 g/mol. The van der Waals surface area contributed by atoms with Crippen LogP contribution < -0.4 is 0 Å². The van der Waals surface area contributed by atoms with Crippen molar-refractivity contribution in [2.75, 3.05) is 13.7 Å². The molecule has 0 aliphatic carbocycles. The summed E-state index contributed by atoms with van der Waals surface area (Å²) < 4.78 is 24.1. The Hall–Kier alpha value is -3.29. The van der Waals surface area contributed by atoms with Gasteiger partial charge in [-0.15, -0.1) is 0 Å². The second kappa shape index (κ2) is 6.68. The highest BCUT2D eigenvalue weighted by atomic mass is 19.1. The van der Waals surface area contributed by atoms with E-state index < -0.39 is 17.8 Å². The standard InChI is InChI=1S/C17H14FN3O4/c1-3-25-16(22)12-9-19-21-14(17(23)24-2)8-13(20-15(12)21)10-4-6-11(18)7-5-10/h4-9H,3H2,1-2H3. The normalized spacial score (nSPS) is 10.7. The third kappa shape index (κ3) is 3.06. The second-order valence-corrected chi connectivity index (χ2v) is 5.04. The molecule has 0 radical (unpaired) electrons. The van der Waals surface area contributed by atoms with E-state index in [9.17, 15) is 14.0 Å². The van der Waals surface area contributed by atoms with Crippen molar-refractivity contribution in [1.29, 1.82) is 0 Å². The first-order chi connectivity index (χ1) is 12.0. The number of benzene rings is 1. The number of halogens is 1. The fraction of sp³-hybridized carbons (Fsp3) is 0.176. The summed E-state index contributed by atoms with van der Waals surface area (Å²) in [4.78, 5) is 28.5. The lowest BCUT2D eigenvalue weighted by Gasteiger charge is -2.08. The van der Waals surface area contributed by atoms with Crippen molar-refractivity contribution in [3.8, 4) is 11.3 Å². The van der Waals surface area contributed by atoms with Gasteiger partial charge in [-0.3, -0.25) is 0 Å². The number of rotatable bonds is 4. The van der Waals surface area contributed by atoms with Crippen LogP contribution in [0.3, 0.4) is 0 Å². The van der Waals surface area contributed by atoms with Crippen molar-refractivity contribution >= 4 is 17.6 Å². The number of hydrogen-bond donors (Lipinski definition) is 0. The number of hydrogen-bond acceptors (Lipinski definition) is 6. The molecule has 0 N–H and O–H groups in total. The lowest BCUT2D eigenvalue weighted by molar-refractivity contribution is 0.0526. The predicted octanol–water partition coefficient (Wildman–Crippen LogP) is 2.50. The van der Waals surface area contributed by atoms with E-state index in [2.05, 4.69) is 10.1 Å². The Labute approximate surface area is 142 Å². The summed E-state index contributed by atoms with van der Waals surface area (Å²) in [6.45, 7) is 1.87. The quantitative estimate of drug-likeness (QED) is 0.677. The predicted molar refractivity (Wildman–Crippen MR) is 85.7 cm³/mol. The van der Waals surface area contributed by atoms with Crippen LogP contribution in [0.4, 0.5) is 4.39 Å². The molecule has 25 heavy (non-hydrogen) atoms. The van der Waals surface area contributed by atoms with Crippen molar-refractivity contribution in [3.05, 3.63) is 53.6 Å². The first kappa shape index (κ1) is 16.6. The molecule has 2 aromatic heterocycles. The second-order valence-electron chi connectivity index (χ2n) is 5.04. The lowest BCUT2D eigenvalue weighted by atomic mass is 10.1. The maximum atomic E-state index is 13.2. The molecule has 0 fully saturated rings. The Morgan fingerprint density at radius 1 is 1.20 bits per heavy atom. The van der Waals surface area contributed by atoms with Gasteiger partial charge in [0, 0.05) is 5.56 Å². The van der Waals surface area contributed by atoms with E-state index >= 15 is 0 Å². The maximum Gasteiger partial charge on any atom is 0.356 e.